The number of ether oxygens (including phenoxy) is 1. The SMILES string of the molecule is O=C(O)[C@H]1Cc2ccccc2CN1C(=O)c1ccc(N2CCOCC2)cc1. The van der Waals surface area contributed by atoms with Gasteiger partial charge in [-0.15, -0.1) is 0 Å². The van der Waals surface area contributed by atoms with E-state index in [4.69, 9.17) is 4.74 Å². The molecule has 2 aromatic rings. The van der Waals surface area contributed by atoms with Crippen LogP contribution in [0.5, 0.6) is 0 Å². The van der Waals surface area contributed by atoms with Crippen LogP contribution in [0.4, 0.5) is 5.69 Å². The first kappa shape index (κ1) is 17.5. The van der Waals surface area contributed by atoms with Gasteiger partial charge in [0.1, 0.15) is 6.04 Å². The molecule has 2 aliphatic heterocycles. The zero-order chi connectivity index (χ0) is 18.8. The van der Waals surface area contributed by atoms with Crippen LogP contribution in [0.2, 0.25) is 0 Å². The molecule has 27 heavy (non-hydrogen) atoms. The highest BCUT2D eigenvalue weighted by Gasteiger charge is 2.34. The molecule has 0 unspecified atom stereocenters. The molecule has 1 atom stereocenters. The van der Waals surface area contributed by atoms with Crippen LogP contribution in [0.25, 0.3) is 0 Å². The van der Waals surface area contributed by atoms with Crippen molar-refractivity contribution in [1.29, 1.82) is 0 Å². The summed E-state index contributed by atoms with van der Waals surface area (Å²) in [6.07, 6.45) is 0.336. The van der Waals surface area contributed by atoms with Gasteiger partial charge in [-0.1, -0.05) is 24.3 Å². The second-order valence-electron chi connectivity index (χ2n) is 6.91. The monoisotopic (exact) mass is 366 g/mol. The Bertz CT molecular complexity index is 844. The normalized spacial score (nSPS) is 19.5. The van der Waals surface area contributed by atoms with Crippen molar-refractivity contribution >= 4 is 17.6 Å². The number of benzene rings is 2. The zero-order valence-corrected chi connectivity index (χ0v) is 15.0. The Morgan fingerprint density at radius 2 is 1.63 bits per heavy atom. The number of hydrogen-bond donors (Lipinski definition) is 1. The van der Waals surface area contributed by atoms with E-state index in [9.17, 15) is 14.7 Å². The molecule has 0 spiro atoms. The molecule has 0 aromatic heterocycles. The summed E-state index contributed by atoms with van der Waals surface area (Å²) in [5, 5.41) is 9.63. The summed E-state index contributed by atoms with van der Waals surface area (Å²) in [6.45, 7) is 3.38. The summed E-state index contributed by atoms with van der Waals surface area (Å²) >= 11 is 0. The Kier molecular flexibility index (Phi) is 4.81. The van der Waals surface area contributed by atoms with Gasteiger partial charge < -0.3 is 19.6 Å². The molecule has 0 bridgehead atoms. The first-order valence-corrected chi connectivity index (χ1v) is 9.17. The van der Waals surface area contributed by atoms with Crippen LogP contribution < -0.4 is 4.90 Å². The number of fused-ring (bicyclic) bond motifs is 1. The quantitative estimate of drug-likeness (QED) is 0.902. The standard InChI is InChI=1S/C21H22N2O4/c24-20(15-5-7-18(8-6-15)22-9-11-27-12-10-22)23-14-17-4-2-1-3-16(17)13-19(23)21(25)26/h1-8,19H,9-14H2,(H,25,26)/t19-/m1/s1. The van der Waals surface area contributed by atoms with Gasteiger partial charge in [0.2, 0.25) is 0 Å². The van der Waals surface area contributed by atoms with E-state index < -0.39 is 12.0 Å². The number of anilines is 1. The average molecular weight is 366 g/mol. The lowest BCUT2D eigenvalue weighted by Crippen LogP contribution is -2.48. The molecule has 140 valence electrons. The van der Waals surface area contributed by atoms with E-state index in [1.807, 2.05) is 36.4 Å². The van der Waals surface area contributed by atoms with Crippen LogP contribution in [-0.4, -0.2) is 54.2 Å². The molecule has 4 rings (SSSR count). The van der Waals surface area contributed by atoms with Gasteiger partial charge >= 0.3 is 5.97 Å². The first-order chi connectivity index (χ1) is 13.1. The van der Waals surface area contributed by atoms with Crippen LogP contribution in [0.3, 0.4) is 0 Å². The van der Waals surface area contributed by atoms with Gasteiger partial charge in [0, 0.05) is 37.3 Å². The molecule has 1 N–H and O–H groups in total. The Morgan fingerprint density at radius 1 is 0.963 bits per heavy atom. The number of carbonyl (C=O) groups excluding carboxylic acids is 1. The third kappa shape index (κ3) is 3.53. The fourth-order valence-electron chi connectivity index (χ4n) is 3.76. The maximum Gasteiger partial charge on any atom is 0.326 e. The van der Waals surface area contributed by atoms with E-state index in [0.29, 0.717) is 31.7 Å². The minimum absolute atomic E-state index is 0.245. The van der Waals surface area contributed by atoms with E-state index in [1.54, 1.807) is 12.1 Å². The largest absolute Gasteiger partial charge is 0.480 e. The lowest BCUT2D eigenvalue weighted by atomic mass is 9.93. The minimum atomic E-state index is -0.970. The van der Waals surface area contributed by atoms with Gasteiger partial charge in [0.15, 0.2) is 0 Å². The maximum absolute atomic E-state index is 13.0. The Balaban J connectivity index is 1.56. The van der Waals surface area contributed by atoms with Gasteiger partial charge in [0.25, 0.3) is 5.91 Å². The van der Waals surface area contributed by atoms with Gasteiger partial charge in [-0.2, -0.15) is 0 Å². The van der Waals surface area contributed by atoms with Crippen molar-refractivity contribution in [2.75, 3.05) is 31.2 Å². The molecule has 1 fully saturated rings. The number of hydrogen-bond acceptors (Lipinski definition) is 4. The molecule has 2 heterocycles. The minimum Gasteiger partial charge on any atom is -0.480 e. The lowest BCUT2D eigenvalue weighted by molar-refractivity contribution is -0.142. The van der Waals surface area contributed by atoms with Crippen LogP contribution in [0, 0.1) is 0 Å². The van der Waals surface area contributed by atoms with Crippen LogP contribution in [0.15, 0.2) is 48.5 Å². The van der Waals surface area contributed by atoms with Gasteiger partial charge in [-0.25, -0.2) is 4.79 Å². The predicted octanol–water partition coefficient (Wildman–Crippen LogP) is 2.17. The predicted molar refractivity (Wildman–Crippen MR) is 101 cm³/mol. The fraction of sp³-hybridized carbons (Fsp3) is 0.333. The number of carboxylic acid groups (broad SMARTS) is 1. The number of amides is 1. The zero-order valence-electron chi connectivity index (χ0n) is 15.0. The molecular formula is C21H22N2O4. The van der Waals surface area contributed by atoms with Crippen LogP contribution in [-0.2, 0) is 22.5 Å². The Labute approximate surface area is 158 Å². The van der Waals surface area contributed by atoms with E-state index in [1.165, 1.54) is 4.90 Å². The first-order valence-electron chi connectivity index (χ1n) is 9.17. The van der Waals surface area contributed by atoms with Crippen LogP contribution in [0.1, 0.15) is 21.5 Å². The van der Waals surface area contributed by atoms with Crippen molar-refractivity contribution < 1.29 is 19.4 Å². The Morgan fingerprint density at radius 3 is 2.30 bits per heavy atom. The van der Waals surface area contributed by atoms with E-state index >= 15 is 0 Å². The number of aliphatic carboxylic acids is 1. The van der Waals surface area contributed by atoms with Crippen molar-refractivity contribution in [3.05, 3.63) is 65.2 Å². The molecule has 6 nitrogen and oxygen atoms in total. The highest BCUT2D eigenvalue weighted by molar-refractivity contribution is 5.97. The highest BCUT2D eigenvalue weighted by atomic mass is 16.5. The van der Waals surface area contributed by atoms with Crippen LogP contribution >= 0.6 is 0 Å². The smallest absolute Gasteiger partial charge is 0.326 e. The lowest BCUT2D eigenvalue weighted by Gasteiger charge is -2.34. The molecule has 0 aliphatic carbocycles. The average Bonchev–Trinajstić information content (AvgIpc) is 2.73. The van der Waals surface area contributed by atoms with Gasteiger partial charge in [0.05, 0.1) is 13.2 Å². The third-order valence-electron chi connectivity index (χ3n) is 5.28. The second-order valence-corrected chi connectivity index (χ2v) is 6.91. The summed E-state index contributed by atoms with van der Waals surface area (Å²) in [5.41, 5.74) is 3.57. The molecule has 1 saturated heterocycles. The summed E-state index contributed by atoms with van der Waals surface area (Å²) < 4.78 is 5.37. The highest BCUT2D eigenvalue weighted by Crippen LogP contribution is 2.26. The van der Waals surface area contributed by atoms with E-state index in [2.05, 4.69) is 4.90 Å². The number of carboxylic acids is 1. The number of morpholine rings is 1. The fourth-order valence-corrected chi connectivity index (χ4v) is 3.76. The topological polar surface area (TPSA) is 70.1 Å². The van der Waals surface area contributed by atoms with Crippen molar-refractivity contribution in [1.82, 2.24) is 4.90 Å². The van der Waals surface area contributed by atoms with E-state index in [0.717, 1.165) is 29.9 Å². The summed E-state index contributed by atoms with van der Waals surface area (Å²) in [7, 11) is 0. The number of rotatable bonds is 3. The third-order valence-corrected chi connectivity index (χ3v) is 5.28. The van der Waals surface area contributed by atoms with Crippen molar-refractivity contribution in [3.8, 4) is 0 Å². The molecule has 0 radical (unpaired) electrons. The summed E-state index contributed by atoms with van der Waals surface area (Å²) in [4.78, 5) is 28.5. The molecule has 1 amide bonds. The number of carbonyl (C=O) groups is 2. The van der Waals surface area contributed by atoms with Gasteiger partial charge in [-0.05, 0) is 35.4 Å². The molecule has 2 aromatic carbocycles. The van der Waals surface area contributed by atoms with Crippen molar-refractivity contribution in [2.45, 2.75) is 19.0 Å². The molecule has 2 aliphatic rings. The summed E-state index contributed by atoms with van der Waals surface area (Å²) in [6, 6.07) is 14.3. The molecular weight excluding hydrogens is 344 g/mol. The van der Waals surface area contributed by atoms with Crippen molar-refractivity contribution in [3.63, 3.8) is 0 Å². The second kappa shape index (κ2) is 7.40. The molecule has 6 heteroatoms. The maximum atomic E-state index is 13.0. The summed E-state index contributed by atoms with van der Waals surface area (Å²) in [5.74, 6) is -1.21. The molecule has 0 saturated carbocycles. The van der Waals surface area contributed by atoms with Gasteiger partial charge in [-0.3, -0.25) is 4.79 Å². The Hall–Kier alpha value is -2.86. The van der Waals surface area contributed by atoms with Crippen molar-refractivity contribution in [2.24, 2.45) is 0 Å². The number of nitrogens with zero attached hydrogens (tertiary/aromatic N) is 2. The van der Waals surface area contributed by atoms with E-state index in [-0.39, 0.29) is 5.91 Å².